The summed E-state index contributed by atoms with van der Waals surface area (Å²) in [6.07, 6.45) is 1.74. The quantitative estimate of drug-likeness (QED) is 0.633. The van der Waals surface area contributed by atoms with Crippen LogP contribution in [0, 0.1) is 0 Å². The molecule has 31 heavy (non-hydrogen) atoms. The van der Waals surface area contributed by atoms with Gasteiger partial charge < -0.3 is 10.3 Å². The van der Waals surface area contributed by atoms with Crippen LogP contribution in [0.2, 0.25) is 0 Å². The predicted octanol–water partition coefficient (Wildman–Crippen LogP) is 3.69. The largest absolute Gasteiger partial charge is 0.322 e. The molecule has 162 valence electrons. The molecular weight excluding hydrogens is 414 g/mol. The first kappa shape index (κ1) is 21.3. The van der Waals surface area contributed by atoms with E-state index >= 15 is 0 Å². The van der Waals surface area contributed by atoms with Gasteiger partial charge in [0.1, 0.15) is 0 Å². The number of H-pyrrole nitrogens is 1. The van der Waals surface area contributed by atoms with Gasteiger partial charge in [0, 0.05) is 35.8 Å². The molecule has 1 aliphatic heterocycles. The van der Waals surface area contributed by atoms with Crippen LogP contribution in [0.3, 0.4) is 0 Å². The van der Waals surface area contributed by atoms with E-state index in [1.807, 2.05) is 19.9 Å². The molecule has 1 amide bonds. The third-order valence-corrected chi connectivity index (χ3v) is 7.49. The van der Waals surface area contributed by atoms with Gasteiger partial charge in [0.2, 0.25) is 15.6 Å². The topological polar surface area (TPSA) is 99.3 Å². The fraction of sp³-hybridized carbons (Fsp3) is 0.304. The van der Waals surface area contributed by atoms with Crippen molar-refractivity contribution in [2.24, 2.45) is 0 Å². The van der Waals surface area contributed by atoms with Crippen LogP contribution in [0.25, 0.3) is 10.9 Å². The molecule has 0 radical (unpaired) electrons. The van der Waals surface area contributed by atoms with Crippen molar-refractivity contribution in [2.45, 2.75) is 37.5 Å². The molecule has 2 heterocycles. The third-order valence-electron chi connectivity index (χ3n) is 5.57. The van der Waals surface area contributed by atoms with Crippen molar-refractivity contribution < 1.29 is 13.2 Å². The lowest BCUT2D eigenvalue weighted by atomic mass is 9.99. The van der Waals surface area contributed by atoms with Gasteiger partial charge in [0.25, 0.3) is 5.91 Å². The van der Waals surface area contributed by atoms with Gasteiger partial charge in [-0.3, -0.25) is 9.59 Å². The number of carbonyl (C=O) groups is 1. The average Bonchev–Trinajstić information content (AvgIpc) is 3.28. The van der Waals surface area contributed by atoms with Crippen molar-refractivity contribution in [3.8, 4) is 0 Å². The maximum atomic E-state index is 12.7. The average molecular weight is 440 g/mol. The normalized spacial score (nSPS) is 14.9. The van der Waals surface area contributed by atoms with Crippen LogP contribution < -0.4 is 10.9 Å². The molecule has 8 heteroatoms. The standard InChI is InChI=1S/C23H25N3O4S/c1-15(2)20-14-22(27)25-21-13-17(7-10-19(20)21)24-23(28)16-5-8-18(9-6-16)31(29,30)26-11-3-4-12-26/h5-10,13-15H,3-4,11-12H2,1-2H3,(H,24,28)(H,25,27). The highest BCUT2D eigenvalue weighted by molar-refractivity contribution is 7.89. The number of fused-ring (bicyclic) bond motifs is 1. The molecule has 0 spiro atoms. The first-order valence-electron chi connectivity index (χ1n) is 10.3. The van der Waals surface area contributed by atoms with Crippen molar-refractivity contribution in [2.75, 3.05) is 18.4 Å². The zero-order valence-electron chi connectivity index (χ0n) is 17.5. The molecule has 3 aromatic rings. The van der Waals surface area contributed by atoms with Crippen molar-refractivity contribution in [1.29, 1.82) is 0 Å². The number of amides is 1. The van der Waals surface area contributed by atoms with Gasteiger partial charge in [-0.25, -0.2) is 8.42 Å². The van der Waals surface area contributed by atoms with Crippen molar-refractivity contribution in [1.82, 2.24) is 9.29 Å². The van der Waals surface area contributed by atoms with Gasteiger partial charge >= 0.3 is 0 Å². The smallest absolute Gasteiger partial charge is 0.255 e. The molecule has 2 aromatic carbocycles. The summed E-state index contributed by atoms with van der Waals surface area (Å²) in [7, 11) is -3.51. The van der Waals surface area contributed by atoms with Crippen LogP contribution in [0.1, 0.15) is 48.5 Å². The number of nitrogens with one attached hydrogen (secondary N) is 2. The maximum absolute atomic E-state index is 12.7. The Morgan fingerprint density at radius 2 is 1.71 bits per heavy atom. The molecule has 0 saturated carbocycles. The Bertz CT molecular complexity index is 1290. The molecule has 4 rings (SSSR count). The monoisotopic (exact) mass is 439 g/mol. The minimum atomic E-state index is -3.51. The number of sulfonamides is 1. The van der Waals surface area contributed by atoms with E-state index < -0.39 is 10.0 Å². The molecule has 1 aromatic heterocycles. The number of aromatic amines is 1. The summed E-state index contributed by atoms with van der Waals surface area (Å²) in [6.45, 7) is 5.12. The fourth-order valence-electron chi connectivity index (χ4n) is 3.90. The van der Waals surface area contributed by atoms with Crippen LogP contribution in [0.4, 0.5) is 5.69 Å². The lowest BCUT2D eigenvalue weighted by Gasteiger charge is -2.15. The van der Waals surface area contributed by atoms with E-state index in [1.165, 1.54) is 28.6 Å². The summed E-state index contributed by atoms with van der Waals surface area (Å²) in [5.74, 6) is -0.160. The molecule has 0 unspecified atom stereocenters. The first-order valence-corrected chi connectivity index (χ1v) is 11.8. The number of pyridine rings is 1. The molecular formula is C23H25N3O4S. The Balaban J connectivity index is 1.55. The zero-order chi connectivity index (χ0) is 22.2. The number of hydrogen-bond donors (Lipinski definition) is 2. The number of benzene rings is 2. The number of rotatable bonds is 5. The minimum Gasteiger partial charge on any atom is -0.322 e. The van der Waals surface area contributed by atoms with Crippen LogP contribution in [0.15, 0.2) is 58.2 Å². The maximum Gasteiger partial charge on any atom is 0.255 e. The molecule has 2 N–H and O–H groups in total. The Morgan fingerprint density at radius 3 is 2.35 bits per heavy atom. The van der Waals surface area contributed by atoms with E-state index in [0.29, 0.717) is 29.9 Å². The van der Waals surface area contributed by atoms with Gasteiger partial charge in [0.15, 0.2) is 0 Å². The van der Waals surface area contributed by atoms with Gasteiger partial charge in [-0.1, -0.05) is 19.9 Å². The van der Waals surface area contributed by atoms with E-state index in [-0.39, 0.29) is 22.3 Å². The molecule has 0 aliphatic carbocycles. The number of aromatic nitrogens is 1. The Morgan fingerprint density at radius 1 is 1.03 bits per heavy atom. The summed E-state index contributed by atoms with van der Waals surface area (Å²) in [6, 6.07) is 13.0. The lowest BCUT2D eigenvalue weighted by Crippen LogP contribution is -2.27. The number of hydrogen-bond acceptors (Lipinski definition) is 4. The predicted molar refractivity (Wildman–Crippen MR) is 121 cm³/mol. The summed E-state index contributed by atoms with van der Waals surface area (Å²) in [5, 5.41) is 3.75. The Kier molecular flexibility index (Phi) is 5.68. The summed E-state index contributed by atoms with van der Waals surface area (Å²) < 4.78 is 26.7. The zero-order valence-corrected chi connectivity index (χ0v) is 18.3. The van der Waals surface area contributed by atoms with E-state index in [4.69, 9.17) is 0 Å². The van der Waals surface area contributed by atoms with Crippen LogP contribution >= 0.6 is 0 Å². The minimum absolute atomic E-state index is 0.186. The summed E-state index contributed by atoms with van der Waals surface area (Å²) in [5.41, 5.74) is 2.31. The van der Waals surface area contributed by atoms with Crippen LogP contribution in [0.5, 0.6) is 0 Å². The summed E-state index contributed by atoms with van der Waals surface area (Å²) >= 11 is 0. The summed E-state index contributed by atoms with van der Waals surface area (Å²) in [4.78, 5) is 27.6. The lowest BCUT2D eigenvalue weighted by molar-refractivity contribution is 0.102. The van der Waals surface area contributed by atoms with Crippen molar-refractivity contribution >= 4 is 32.5 Å². The van der Waals surface area contributed by atoms with E-state index in [9.17, 15) is 18.0 Å². The van der Waals surface area contributed by atoms with E-state index in [1.54, 1.807) is 18.2 Å². The number of anilines is 1. The third kappa shape index (κ3) is 4.26. The van der Waals surface area contributed by atoms with Crippen molar-refractivity contribution in [3.05, 3.63) is 70.0 Å². The van der Waals surface area contributed by atoms with Gasteiger partial charge in [-0.2, -0.15) is 4.31 Å². The Labute approximate surface area is 181 Å². The first-order chi connectivity index (χ1) is 14.8. The van der Waals surface area contributed by atoms with Crippen LogP contribution in [-0.2, 0) is 10.0 Å². The molecule has 1 fully saturated rings. The molecule has 1 saturated heterocycles. The van der Waals surface area contributed by atoms with E-state index in [0.717, 1.165) is 23.8 Å². The SMILES string of the molecule is CC(C)c1cc(=O)[nH]c2cc(NC(=O)c3ccc(S(=O)(=O)N4CCCC4)cc3)ccc12. The second-order valence-electron chi connectivity index (χ2n) is 8.09. The number of carbonyl (C=O) groups excluding carboxylic acids is 1. The van der Waals surface area contributed by atoms with Gasteiger partial charge in [-0.15, -0.1) is 0 Å². The Hall–Kier alpha value is -2.97. The molecule has 7 nitrogen and oxygen atoms in total. The molecule has 0 atom stereocenters. The highest BCUT2D eigenvalue weighted by Gasteiger charge is 2.27. The fourth-order valence-corrected chi connectivity index (χ4v) is 5.42. The van der Waals surface area contributed by atoms with Crippen molar-refractivity contribution in [3.63, 3.8) is 0 Å². The highest BCUT2D eigenvalue weighted by Crippen LogP contribution is 2.25. The second-order valence-corrected chi connectivity index (χ2v) is 10.0. The molecule has 1 aliphatic rings. The van der Waals surface area contributed by atoms with Crippen LogP contribution in [-0.4, -0.2) is 36.7 Å². The van der Waals surface area contributed by atoms with Gasteiger partial charge in [0.05, 0.1) is 10.4 Å². The second kappa shape index (κ2) is 8.28. The number of nitrogens with zero attached hydrogens (tertiary/aromatic N) is 1. The van der Waals surface area contributed by atoms with E-state index in [2.05, 4.69) is 10.3 Å². The highest BCUT2D eigenvalue weighted by atomic mass is 32.2. The van der Waals surface area contributed by atoms with Gasteiger partial charge in [-0.05, 0) is 60.7 Å². The molecule has 0 bridgehead atoms.